The van der Waals surface area contributed by atoms with Crippen molar-refractivity contribution in [3.63, 3.8) is 0 Å². The van der Waals surface area contributed by atoms with Gasteiger partial charge in [0.25, 0.3) is 5.91 Å². The number of carbonyl (C=O) groups is 2. The molecule has 2 aromatic rings. The number of aryl methyl sites for hydroxylation is 1. The lowest BCUT2D eigenvalue weighted by Gasteiger charge is -2.18. The minimum atomic E-state index is -0.624. The summed E-state index contributed by atoms with van der Waals surface area (Å²) in [5.41, 5.74) is 8.32. The number of aromatic nitrogens is 2. The Balaban J connectivity index is 2.04. The quantitative estimate of drug-likeness (QED) is 0.287. The lowest BCUT2D eigenvalue weighted by Crippen LogP contribution is -2.39. The molecular weight excluding hydrogens is 418 g/mol. The Labute approximate surface area is 195 Å². The predicted molar refractivity (Wildman–Crippen MR) is 133 cm³/mol. The molecule has 0 aliphatic carbocycles. The van der Waals surface area contributed by atoms with E-state index in [0.717, 1.165) is 29.9 Å². The van der Waals surface area contributed by atoms with Gasteiger partial charge in [-0.25, -0.2) is 9.97 Å². The number of nitrogens with two attached hydrogens (primary N) is 1. The summed E-state index contributed by atoms with van der Waals surface area (Å²) in [4.78, 5) is 34.5. The molecule has 0 saturated carbocycles. The second-order valence-electron chi connectivity index (χ2n) is 7.99. The number of carbonyl (C=O) groups excluding carboxylic acids is 2. The van der Waals surface area contributed by atoms with E-state index in [-0.39, 0.29) is 17.6 Å². The normalized spacial score (nSPS) is 11.9. The first-order valence-electron chi connectivity index (χ1n) is 11.1. The van der Waals surface area contributed by atoms with E-state index in [4.69, 9.17) is 5.73 Å². The molecule has 9 nitrogen and oxygen atoms in total. The van der Waals surface area contributed by atoms with Crippen molar-refractivity contribution in [2.75, 3.05) is 37.4 Å². The molecule has 1 heterocycles. The molecule has 2 amide bonds. The monoisotopic (exact) mass is 453 g/mol. The fourth-order valence-corrected chi connectivity index (χ4v) is 3.30. The zero-order valence-electron chi connectivity index (χ0n) is 20.1. The SMILES string of the molecule is CC=CC(=O)N[C@@H](C)CNCCc1cccc(Nc2nc(N(C)C)c(CC)nc2C(N)=O)c1. The van der Waals surface area contributed by atoms with E-state index in [2.05, 4.69) is 25.9 Å². The Morgan fingerprint density at radius 3 is 2.64 bits per heavy atom. The predicted octanol–water partition coefficient (Wildman–Crippen LogP) is 2.16. The average Bonchev–Trinajstić information content (AvgIpc) is 2.76. The van der Waals surface area contributed by atoms with Crippen LogP contribution in [0.3, 0.4) is 0 Å². The summed E-state index contributed by atoms with van der Waals surface area (Å²) in [7, 11) is 3.77. The van der Waals surface area contributed by atoms with E-state index in [1.54, 1.807) is 6.08 Å². The fraction of sp³-hybridized carbons (Fsp3) is 0.417. The van der Waals surface area contributed by atoms with Gasteiger partial charge in [-0.2, -0.15) is 0 Å². The Morgan fingerprint density at radius 1 is 1.24 bits per heavy atom. The van der Waals surface area contributed by atoms with Gasteiger partial charge in [0.15, 0.2) is 17.3 Å². The van der Waals surface area contributed by atoms with E-state index < -0.39 is 5.91 Å². The maximum absolute atomic E-state index is 12.0. The number of nitrogens with one attached hydrogen (secondary N) is 3. The van der Waals surface area contributed by atoms with E-state index >= 15 is 0 Å². The van der Waals surface area contributed by atoms with Gasteiger partial charge in [0.05, 0.1) is 5.69 Å². The third-order valence-electron chi connectivity index (χ3n) is 4.88. The summed E-state index contributed by atoms with van der Waals surface area (Å²) in [5.74, 6) is 0.319. The number of amides is 2. The van der Waals surface area contributed by atoms with Crippen LogP contribution >= 0.6 is 0 Å². The van der Waals surface area contributed by atoms with Crippen LogP contribution in [0.5, 0.6) is 0 Å². The number of hydrogen-bond acceptors (Lipinski definition) is 7. The van der Waals surface area contributed by atoms with E-state index in [1.807, 2.05) is 64.0 Å². The number of hydrogen-bond donors (Lipinski definition) is 4. The van der Waals surface area contributed by atoms with Crippen molar-refractivity contribution >= 4 is 29.1 Å². The highest BCUT2D eigenvalue weighted by Gasteiger charge is 2.18. The molecule has 5 N–H and O–H groups in total. The van der Waals surface area contributed by atoms with Crippen LogP contribution in [0.25, 0.3) is 0 Å². The molecule has 0 aliphatic rings. The molecule has 0 fully saturated rings. The summed E-state index contributed by atoms with van der Waals surface area (Å²) >= 11 is 0. The molecule has 2 rings (SSSR count). The highest BCUT2D eigenvalue weighted by atomic mass is 16.2. The minimum absolute atomic E-state index is 0.0319. The van der Waals surface area contributed by atoms with Crippen molar-refractivity contribution in [1.82, 2.24) is 20.6 Å². The first-order chi connectivity index (χ1) is 15.7. The molecule has 0 unspecified atom stereocenters. The fourth-order valence-electron chi connectivity index (χ4n) is 3.30. The largest absolute Gasteiger partial charge is 0.364 e. The molecule has 0 radical (unpaired) electrons. The number of allylic oxidation sites excluding steroid dienone is 1. The maximum atomic E-state index is 12.0. The number of primary amides is 1. The van der Waals surface area contributed by atoms with Gasteiger partial charge in [0.1, 0.15) is 0 Å². The van der Waals surface area contributed by atoms with Crippen molar-refractivity contribution in [3.05, 3.63) is 53.4 Å². The zero-order chi connectivity index (χ0) is 24.4. The Kier molecular flexibility index (Phi) is 9.81. The van der Waals surface area contributed by atoms with E-state index in [9.17, 15) is 9.59 Å². The van der Waals surface area contributed by atoms with Crippen molar-refractivity contribution in [3.8, 4) is 0 Å². The van der Waals surface area contributed by atoms with Crippen molar-refractivity contribution in [1.29, 1.82) is 0 Å². The van der Waals surface area contributed by atoms with Gasteiger partial charge in [0, 0.05) is 32.4 Å². The summed E-state index contributed by atoms with van der Waals surface area (Å²) in [6, 6.07) is 7.93. The molecule has 1 aromatic carbocycles. The van der Waals surface area contributed by atoms with E-state index in [1.165, 1.54) is 6.08 Å². The third kappa shape index (κ3) is 7.87. The molecule has 178 valence electrons. The maximum Gasteiger partial charge on any atom is 0.271 e. The number of benzene rings is 1. The summed E-state index contributed by atoms with van der Waals surface area (Å²) < 4.78 is 0. The van der Waals surface area contributed by atoms with Gasteiger partial charge in [-0.05, 0) is 57.0 Å². The average molecular weight is 454 g/mol. The molecule has 0 aliphatic heterocycles. The standard InChI is InChI=1S/C24H35N7O2/c1-6-9-20(32)27-16(3)15-26-13-12-17-10-8-11-18(14-17)28-23-21(22(25)33)29-19(7-2)24(30-23)31(4)5/h6,8-11,14,16,26H,7,12-13,15H2,1-5H3,(H2,25,33)(H,27,32)(H,28,30)/t16-/m0/s1. The number of anilines is 3. The van der Waals surface area contributed by atoms with Crippen molar-refractivity contribution in [2.24, 2.45) is 5.73 Å². The van der Waals surface area contributed by atoms with Crippen LogP contribution in [0.15, 0.2) is 36.4 Å². The van der Waals surface area contributed by atoms with Crippen LogP contribution in [0, 0.1) is 0 Å². The second-order valence-corrected chi connectivity index (χ2v) is 7.99. The molecular formula is C24H35N7O2. The van der Waals surface area contributed by atoms with Gasteiger partial charge >= 0.3 is 0 Å². The molecule has 9 heteroatoms. The highest BCUT2D eigenvalue weighted by Crippen LogP contribution is 2.24. The van der Waals surface area contributed by atoms with Gasteiger partial charge in [0.2, 0.25) is 5.91 Å². The lowest BCUT2D eigenvalue weighted by molar-refractivity contribution is -0.117. The van der Waals surface area contributed by atoms with Crippen LogP contribution in [0.1, 0.15) is 42.5 Å². The summed E-state index contributed by atoms with van der Waals surface area (Å²) in [6.45, 7) is 7.17. The third-order valence-corrected chi connectivity index (χ3v) is 4.88. The molecule has 0 spiro atoms. The highest BCUT2D eigenvalue weighted by molar-refractivity contribution is 5.96. The van der Waals surface area contributed by atoms with Gasteiger partial charge in [-0.1, -0.05) is 25.1 Å². The second kappa shape index (κ2) is 12.5. The summed E-state index contributed by atoms with van der Waals surface area (Å²) in [5, 5.41) is 9.46. The Morgan fingerprint density at radius 2 is 2.00 bits per heavy atom. The number of nitrogens with zero attached hydrogens (tertiary/aromatic N) is 3. The van der Waals surface area contributed by atoms with E-state index in [0.29, 0.717) is 24.6 Å². The molecule has 1 aromatic heterocycles. The van der Waals surface area contributed by atoms with Gasteiger partial charge in [-0.15, -0.1) is 0 Å². The molecule has 1 atom stereocenters. The molecule has 0 saturated heterocycles. The van der Waals surface area contributed by atoms with Crippen molar-refractivity contribution < 1.29 is 9.59 Å². The minimum Gasteiger partial charge on any atom is -0.364 e. The first kappa shape index (κ1) is 25.8. The van der Waals surface area contributed by atoms with Crippen molar-refractivity contribution in [2.45, 2.75) is 39.7 Å². The number of rotatable bonds is 12. The Bertz CT molecular complexity index is 989. The smallest absolute Gasteiger partial charge is 0.271 e. The molecule has 33 heavy (non-hydrogen) atoms. The van der Waals surface area contributed by atoms with Crippen LogP contribution in [-0.2, 0) is 17.6 Å². The van der Waals surface area contributed by atoms with Gasteiger partial charge in [-0.3, -0.25) is 9.59 Å². The van der Waals surface area contributed by atoms with Crippen LogP contribution < -0.4 is 26.6 Å². The van der Waals surface area contributed by atoms with Gasteiger partial charge < -0.3 is 26.6 Å². The lowest BCUT2D eigenvalue weighted by atomic mass is 10.1. The van der Waals surface area contributed by atoms with Crippen LogP contribution in [-0.4, -0.2) is 55.0 Å². The zero-order valence-corrected chi connectivity index (χ0v) is 20.1. The summed E-state index contributed by atoms with van der Waals surface area (Å²) in [6.07, 6.45) is 4.67. The van der Waals surface area contributed by atoms with Crippen LogP contribution in [0.4, 0.5) is 17.3 Å². The van der Waals surface area contributed by atoms with Crippen LogP contribution in [0.2, 0.25) is 0 Å². The first-order valence-corrected chi connectivity index (χ1v) is 11.1. The Hall–Kier alpha value is -3.46. The molecule has 0 bridgehead atoms. The topological polar surface area (TPSA) is 125 Å².